The van der Waals surface area contributed by atoms with Gasteiger partial charge in [0.25, 0.3) is 0 Å². The molecule has 16 heavy (non-hydrogen) atoms. The monoisotopic (exact) mass is 255 g/mol. The summed E-state index contributed by atoms with van der Waals surface area (Å²) in [7, 11) is 0. The lowest BCUT2D eigenvalue weighted by Gasteiger charge is -2.16. The van der Waals surface area contributed by atoms with Crippen LogP contribution in [0.4, 0.5) is 13.2 Å². The van der Waals surface area contributed by atoms with Crippen molar-refractivity contribution >= 4 is 17.7 Å². The van der Waals surface area contributed by atoms with Gasteiger partial charge in [-0.15, -0.1) is 18.2 Å². The zero-order valence-corrected chi connectivity index (χ0v) is 9.20. The smallest absolute Gasteiger partial charge is 0.403 e. The second-order valence-electron chi connectivity index (χ2n) is 2.89. The summed E-state index contributed by atoms with van der Waals surface area (Å²) in [5, 5.41) is 10.8. The molecule has 0 radical (unpaired) electrons. The quantitative estimate of drug-likeness (QED) is 0.530. The predicted octanol–water partition coefficient (Wildman–Crippen LogP) is 1.21. The molecule has 0 heterocycles. The minimum Gasteiger partial charge on any atom is -0.481 e. The van der Waals surface area contributed by atoms with Crippen molar-refractivity contribution in [2.24, 2.45) is 5.92 Å². The largest absolute Gasteiger partial charge is 0.481 e. The van der Waals surface area contributed by atoms with Crippen molar-refractivity contribution in [2.45, 2.75) is 6.18 Å². The molecular formula is C9H12F3NO2S. The maximum Gasteiger partial charge on any atom is 0.403 e. The number of rotatable bonds is 7. The molecule has 3 nitrogen and oxygen atoms in total. The predicted molar refractivity (Wildman–Crippen MR) is 56.2 cm³/mol. The van der Waals surface area contributed by atoms with Crippen LogP contribution in [0.15, 0.2) is 0 Å². The van der Waals surface area contributed by atoms with Gasteiger partial charge in [0.05, 0.1) is 5.75 Å². The van der Waals surface area contributed by atoms with Crippen molar-refractivity contribution in [3.63, 3.8) is 0 Å². The first-order chi connectivity index (χ1) is 7.39. The average Bonchev–Trinajstić information content (AvgIpc) is 2.13. The van der Waals surface area contributed by atoms with E-state index in [4.69, 9.17) is 11.5 Å². The SMILES string of the molecule is C#CCSCCNCC(C(=O)O)C(F)(F)F. The van der Waals surface area contributed by atoms with Gasteiger partial charge in [-0.25, -0.2) is 0 Å². The molecule has 0 spiro atoms. The van der Waals surface area contributed by atoms with Crippen LogP contribution in [0.5, 0.6) is 0 Å². The van der Waals surface area contributed by atoms with Crippen molar-refractivity contribution < 1.29 is 23.1 Å². The number of thioether (sulfide) groups is 1. The summed E-state index contributed by atoms with van der Waals surface area (Å²) < 4.78 is 36.4. The highest BCUT2D eigenvalue weighted by molar-refractivity contribution is 7.99. The Hall–Kier alpha value is -0.870. The Bertz CT molecular complexity index is 262. The summed E-state index contributed by atoms with van der Waals surface area (Å²) in [6.07, 6.45) is 0.253. The molecule has 7 heteroatoms. The van der Waals surface area contributed by atoms with Crippen LogP contribution < -0.4 is 5.32 Å². The van der Waals surface area contributed by atoms with Crippen LogP contribution in [0, 0.1) is 18.3 Å². The van der Waals surface area contributed by atoms with Crippen LogP contribution in [0.25, 0.3) is 0 Å². The van der Waals surface area contributed by atoms with Crippen LogP contribution in [-0.4, -0.2) is 41.8 Å². The Balaban J connectivity index is 3.80. The molecule has 0 aromatic carbocycles. The second-order valence-corrected chi connectivity index (χ2v) is 4.00. The molecule has 0 rings (SSSR count). The molecule has 1 unspecified atom stereocenters. The molecule has 0 amide bonds. The number of aliphatic carboxylic acids is 1. The first-order valence-corrected chi connectivity index (χ1v) is 5.56. The Kier molecular flexibility index (Phi) is 7.01. The number of terminal acetylenes is 1. The van der Waals surface area contributed by atoms with E-state index in [1.807, 2.05) is 0 Å². The number of carboxylic acids is 1. The average molecular weight is 255 g/mol. The summed E-state index contributed by atoms with van der Waals surface area (Å²) >= 11 is 1.39. The van der Waals surface area contributed by atoms with Crippen molar-refractivity contribution in [2.75, 3.05) is 24.6 Å². The van der Waals surface area contributed by atoms with E-state index in [0.29, 0.717) is 18.1 Å². The number of hydrogen-bond acceptors (Lipinski definition) is 3. The Morgan fingerprint density at radius 1 is 1.56 bits per heavy atom. The number of nitrogens with one attached hydrogen (secondary N) is 1. The van der Waals surface area contributed by atoms with Crippen molar-refractivity contribution in [3.05, 3.63) is 0 Å². The summed E-state index contributed by atoms with van der Waals surface area (Å²) in [5.41, 5.74) is 0. The van der Waals surface area contributed by atoms with Crippen LogP contribution in [0.2, 0.25) is 0 Å². The zero-order valence-electron chi connectivity index (χ0n) is 8.38. The van der Waals surface area contributed by atoms with E-state index >= 15 is 0 Å². The number of alkyl halides is 3. The van der Waals surface area contributed by atoms with E-state index in [2.05, 4.69) is 11.2 Å². The molecule has 1 atom stereocenters. The standard InChI is InChI=1S/C9H12F3NO2S/c1-2-4-16-5-3-13-6-7(8(14)15)9(10,11)12/h1,7,13H,3-6H2,(H,14,15). The lowest BCUT2D eigenvalue weighted by atomic mass is 10.1. The Labute approximate surface area is 95.8 Å². The highest BCUT2D eigenvalue weighted by Gasteiger charge is 2.44. The van der Waals surface area contributed by atoms with Gasteiger partial charge in [-0.1, -0.05) is 5.92 Å². The Morgan fingerprint density at radius 3 is 2.62 bits per heavy atom. The van der Waals surface area contributed by atoms with E-state index in [1.54, 1.807) is 0 Å². The van der Waals surface area contributed by atoms with Crippen molar-refractivity contribution in [1.29, 1.82) is 0 Å². The topological polar surface area (TPSA) is 49.3 Å². The molecule has 0 aromatic rings. The summed E-state index contributed by atoms with van der Waals surface area (Å²) in [6.45, 7) is -0.318. The van der Waals surface area contributed by atoms with Gasteiger partial charge in [-0.3, -0.25) is 4.79 Å². The van der Waals surface area contributed by atoms with Crippen LogP contribution in [0.3, 0.4) is 0 Å². The number of carbonyl (C=O) groups is 1. The first-order valence-electron chi connectivity index (χ1n) is 4.41. The van der Waals surface area contributed by atoms with E-state index in [0.717, 1.165) is 0 Å². The first kappa shape index (κ1) is 15.1. The number of halogens is 3. The molecule has 92 valence electrons. The zero-order chi connectivity index (χ0) is 12.6. The molecule has 0 aliphatic heterocycles. The molecule has 0 saturated heterocycles. The molecular weight excluding hydrogens is 243 g/mol. The van der Waals surface area contributed by atoms with E-state index in [-0.39, 0.29) is 0 Å². The molecule has 0 fully saturated rings. The second kappa shape index (κ2) is 7.41. The van der Waals surface area contributed by atoms with Crippen LogP contribution in [-0.2, 0) is 4.79 Å². The summed E-state index contributed by atoms with van der Waals surface area (Å²) in [6, 6.07) is 0. The van der Waals surface area contributed by atoms with E-state index < -0.39 is 24.6 Å². The normalized spacial score (nSPS) is 13.1. The summed E-state index contributed by atoms with van der Waals surface area (Å²) in [5.74, 6) is -0.811. The third kappa shape index (κ3) is 6.58. The number of carboxylic acid groups (broad SMARTS) is 1. The molecule has 0 saturated carbocycles. The maximum absolute atomic E-state index is 12.1. The molecule has 0 aromatic heterocycles. The third-order valence-electron chi connectivity index (χ3n) is 1.65. The van der Waals surface area contributed by atoms with Crippen LogP contribution >= 0.6 is 11.8 Å². The van der Waals surface area contributed by atoms with E-state index in [1.165, 1.54) is 11.8 Å². The van der Waals surface area contributed by atoms with Crippen molar-refractivity contribution in [3.8, 4) is 12.3 Å². The van der Waals surface area contributed by atoms with Crippen LogP contribution in [0.1, 0.15) is 0 Å². The van der Waals surface area contributed by atoms with Gasteiger partial charge in [-0.2, -0.15) is 13.2 Å². The maximum atomic E-state index is 12.1. The fourth-order valence-corrected chi connectivity index (χ4v) is 1.42. The molecule has 0 aliphatic rings. The van der Waals surface area contributed by atoms with Gasteiger partial charge in [-0.05, 0) is 0 Å². The Morgan fingerprint density at radius 2 is 2.19 bits per heavy atom. The summed E-state index contributed by atoms with van der Waals surface area (Å²) in [4.78, 5) is 10.3. The van der Waals surface area contributed by atoms with Gasteiger partial charge in [0, 0.05) is 18.8 Å². The third-order valence-corrected chi connectivity index (χ3v) is 2.51. The van der Waals surface area contributed by atoms with Gasteiger partial charge in [0.15, 0.2) is 5.92 Å². The van der Waals surface area contributed by atoms with Gasteiger partial charge < -0.3 is 10.4 Å². The highest BCUT2D eigenvalue weighted by Crippen LogP contribution is 2.25. The minimum absolute atomic E-state index is 0.298. The molecule has 0 aliphatic carbocycles. The minimum atomic E-state index is -4.72. The number of hydrogen-bond donors (Lipinski definition) is 2. The van der Waals surface area contributed by atoms with Gasteiger partial charge in [0.1, 0.15) is 0 Å². The highest BCUT2D eigenvalue weighted by atomic mass is 32.2. The fraction of sp³-hybridized carbons (Fsp3) is 0.667. The lowest BCUT2D eigenvalue weighted by molar-refractivity contribution is -0.192. The fourth-order valence-electron chi connectivity index (χ4n) is 0.865. The lowest BCUT2D eigenvalue weighted by Crippen LogP contribution is -2.39. The van der Waals surface area contributed by atoms with E-state index in [9.17, 15) is 18.0 Å². The van der Waals surface area contributed by atoms with Crippen molar-refractivity contribution in [1.82, 2.24) is 5.32 Å². The molecule has 0 bridgehead atoms. The molecule has 2 N–H and O–H groups in total. The van der Waals surface area contributed by atoms with Gasteiger partial charge in [0.2, 0.25) is 0 Å². The van der Waals surface area contributed by atoms with Gasteiger partial charge >= 0.3 is 12.1 Å².